The Morgan fingerprint density at radius 3 is 2.22 bits per heavy atom. The summed E-state index contributed by atoms with van der Waals surface area (Å²) >= 11 is 0. The maximum absolute atomic E-state index is 13.2. The van der Waals surface area contributed by atoms with Crippen molar-refractivity contribution < 1.29 is 52.9 Å². The number of benzene rings is 3. The maximum Gasteiger partial charge on any atom is 0.339 e. The molecule has 2 fully saturated rings. The first kappa shape index (κ1) is 27.6. The van der Waals surface area contributed by atoms with Gasteiger partial charge >= 0.3 is 5.97 Å². The standard InChI is InChI=1S/C30H32O11/c1-30(2)40-26-21(12-31)38-29(24(32)27(26)41-30)39-25-17-11-20(36-5)19(35-4)10-16(17)22(23-18(25)13-37-28(23)33)14-6-8-15(34-3)9-7-14/h6-11,21,24,26-27,29,31-32H,12-13H2,1-5H3. The molecule has 218 valence electrons. The summed E-state index contributed by atoms with van der Waals surface area (Å²) in [5.74, 6) is 0.320. The number of hydrogen-bond acceptors (Lipinski definition) is 11. The summed E-state index contributed by atoms with van der Waals surface area (Å²) in [7, 11) is 4.63. The first-order valence-electron chi connectivity index (χ1n) is 13.2. The predicted octanol–water partition coefficient (Wildman–Crippen LogP) is 3.18. The van der Waals surface area contributed by atoms with Gasteiger partial charge in [-0.1, -0.05) is 12.1 Å². The second-order valence-electron chi connectivity index (χ2n) is 10.5. The zero-order valence-corrected chi connectivity index (χ0v) is 23.3. The van der Waals surface area contributed by atoms with Crippen molar-refractivity contribution in [2.24, 2.45) is 0 Å². The minimum absolute atomic E-state index is 0.0537. The van der Waals surface area contributed by atoms with E-state index in [9.17, 15) is 15.0 Å². The van der Waals surface area contributed by atoms with Crippen LogP contribution >= 0.6 is 0 Å². The second-order valence-corrected chi connectivity index (χ2v) is 10.5. The molecule has 11 heteroatoms. The van der Waals surface area contributed by atoms with Crippen LogP contribution in [0.15, 0.2) is 36.4 Å². The van der Waals surface area contributed by atoms with Crippen molar-refractivity contribution in [3.05, 3.63) is 47.5 Å². The van der Waals surface area contributed by atoms with E-state index in [1.165, 1.54) is 14.2 Å². The Morgan fingerprint density at radius 1 is 0.927 bits per heavy atom. The van der Waals surface area contributed by atoms with Crippen molar-refractivity contribution in [1.82, 2.24) is 0 Å². The smallest absolute Gasteiger partial charge is 0.339 e. The molecule has 6 rings (SSSR count). The van der Waals surface area contributed by atoms with E-state index in [4.69, 9.17) is 37.9 Å². The molecular weight excluding hydrogens is 536 g/mol. The van der Waals surface area contributed by atoms with Crippen LogP contribution in [0.1, 0.15) is 29.8 Å². The van der Waals surface area contributed by atoms with Gasteiger partial charge in [0.05, 0.1) is 33.5 Å². The van der Waals surface area contributed by atoms with Crippen LogP contribution in [0, 0.1) is 0 Å². The van der Waals surface area contributed by atoms with Gasteiger partial charge in [0.2, 0.25) is 6.29 Å². The summed E-state index contributed by atoms with van der Waals surface area (Å²) in [6.45, 7) is 3.02. The number of hydrogen-bond donors (Lipinski definition) is 2. The molecule has 3 aromatic carbocycles. The lowest BCUT2D eigenvalue weighted by molar-refractivity contribution is -0.254. The first-order chi connectivity index (χ1) is 19.7. The summed E-state index contributed by atoms with van der Waals surface area (Å²) < 4.78 is 46.3. The molecule has 5 atom stereocenters. The highest BCUT2D eigenvalue weighted by Crippen LogP contribution is 2.49. The second kappa shape index (κ2) is 10.3. The summed E-state index contributed by atoms with van der Waals surface area (Å²) in [5, 5.41) is 22.6. The molecule has 3 aliphatic rings. The van der Waals surface area contributed by atoms with E-state index < -0.39 is 42.5 Å². The Labute approximate surface area is 236 Å². The van der Waals surface area contributed by atoms with E-state index in [1.807, 2.05) is 24.3 Å². The predicted molar refractivity (Wildman–Crippen MR) is 144 cm³/mol. The summed E-state index contributed by atoms with van der Waals surface area (Å²) in [6.07, 6.45) is -4.85. The van der Waals surface area contributed by atoms with Crippen LogP contribution in [0.2, 0.25) is 0 Å². The Hall–Kier alpha value is -3.61. The van der Waals surface area contributed by atoms with Gasteiger partial charge in [-0.25, -0.2) is 4.79 Å². The third-order valence-corrected chi connectivity index (χ3v) is 7.66. The van der Waals surface area contributed by atoms with E-state index >= 15 is 0 Å². The van der Waals surface area contributed by atoms with Crippen molar-refractivity contribution in [3.8, 4) is 34.1 Å². The monoisotopic (exact) mass is 568 g/mol. The first-order valence-corrected chi connectivity index (χ1v) is 13.2. The minimum Gasteiger partial charge on any atom is -0.497 e. The number of carbonyl (C=O) groups excluding carboxylic acids is 1. The van der Waals surface area contributed by atoms with Crippen LogP contribution in [-0.2, 0) is 25.6 Å². The molecule has 0 spiro atoms. The molecule has 0 radical (unpaired) electrons. The van der Waals surface area contributed by atoms with Crippen LogP contribution in [0.4, 0.5) is 0 Å². The SMILES string of the molecule is COc1ccc(-c2c3c(c(OC4OC(CO)C5OC(C)(C)OC5C4O)c4cc(OC)c(OC)cc24)COC3=O)cc1. The molecule has 0 amide bonds. The molecule has 0 aromatic heterocycles. The third kappa shape index (κ3) is 4.54. The average Bonchev–Trinajstić information content (AvgIpc) is 3.52. The number of methoxy groups -OCH3 is 3. The molecule has 2 saturated heterocycles. The van der Waals surface area contributed by atoms with Gasteiger partial charge in [-0.3, -0.25) is 0 Å². The van der Waals surface area contributed by atoms with Gasteiger partial charge in [0, 0.05) is 16.5 Å². The fourth-order valence-corrected chi connectivity index (χ4v) is 5.81. The molecule has 0 bridgehead atoms. The van der Waals surface area contributed by atoms with Crippen LogP contribution in [0.25, 0.3) is 21.9 Å². The number of ether oxygens (including phenoxy) is 8. The van der Waals surface area contributed by atoms with E-state index in [2.05, 4.69) is 0 Å². The van der Waals surface area contributed by atoms with Crippen molar-refractivity contribution in [2.45, 2.75) is 56.9 Å². The fraction of sp³-hybridized carbons (Fsp3) is 0.433. The Morgan fingerprint density at radius 2 is 1.59 bits per heavy atom. The van der Waals surface area contributed by atoms with E-state index in [0.717, 1.165) is 5.56 Å². The maximum atomic E-state index is 13.2. The highest BCUT2D eigenvalue weighted by atomic mass is 16.8. The number of aliphatic hydroxyl groups excluding tert-OH is 2. The van der Waals surface area contributed by atoms with Crippen molar-refractivity contribution in [2.75, 3.05) is 27.9 Å². The number of esters is 1. The van der Waals surface area contributed by atoms with Gasteiger partial charge in [-0.15, -0.1) is 0 Å². The highest BCUT2D eigenvalue weighted by molar-refractivity contribution is 6.13. The van der Waals surface area contributed by atoms with E-state index in [0.29, 0.717) is 44.7 Å². The van der Waals surface area contributed by atoms with Crippen molar-refractivity contribution in [3.63, 3.8) is 0 Å². The number of fused-ring (bicyclic) bond motifs is 3. The zero-order valence-electron chi connectivity index (χ0n) is 23.3. The lowest BCUT2D eigenvalue weighted by Gasteiger charge is -2.39. The molecule has 0 aliphatic carbocycles. The third-order valence-electron chi connectivity index (χ3n) is 7.66. The molecule has 3 heterocycles. The largest absolute Gasteiger partial charge is 0.497 e. The molecule has 3 aromatic rings. The summed E-state index contributed by atoms with van der Waals surface area (Å²) in [5.41, 5.74) is 2.19. The van der Waals surface area contributed by atoms with Gasteiger partial charge in [0.25, 0.3) is 0 Å². The molecular formula is C30H32O11. The molecule has 2 N–H and O–H groups in total. The number of rotatable bonds is 7. The highest BCUT2D eigenvalue weighted by Gasteiger charge is 2.55. The Balaban J connectivity index is 1.54. The zero-order chi connectivity index (χ0) is 29.1. The number of aliphatic hydroxyl groups is 2. The summed E-state index contributed by atoms with van der Waals surface area (Å²) in [4.78, 5) is 13.2. The molecule has 0 saturated carbocycles. The lowest BCUT2D eigenvalue weighted by atomic mass is 9.89. The quantitative estimate of drug-likeness (QED) is 0.408. The van der Waals surface area contributed by atoms with Crippen molar-refractivity contribution in [1.29, 1.82) is 0 Å². The van der Waals surface area contributed by atoms with Crippen LogP contribution in [0.3, 0.4) is 0 Å². The Kier molecular flexibility index (Phi) is 6.95. The topological polar surface area (TPSA) is 131 Å². The van der Waals surface area contributed by atoms with Gasteiger partial charge < -0.3 is 48.1 Å². The number of cyclic esters (lactones) is 1. The van der Waals surface area contributed by atoms with Gasteiger partial charge in [0.15, 0.2) is 17.3 Å². The fourth-order valence-electron chi connectivity index (χ4n) is 5.81. The van der Waals surface area contributed by atoms with Gasteiger partial charge in [-0.2, -0.15) is 0 Å². The number of carbonyl (C=O) groups is 1. The summed E-state index contributed by atoms with van der Waals surface area (Å²) in [6, 6.07) is 10.8. The average molecular weight is 569 g/mol. The van der Waals surface area contributed by atoms with E-state index in [-0.39, 0.29) is 19.0 Å². The molecule has 5 unspecified atom stereocenters. The minimum atomic E-state index is -1.27. The van der Waals surface area contributed by atoms with Crippen LogP contribution in [0.5, 0.6) is 23.0 Å². The van der Waals surface area contributed by atoms with Gasteiger partial charge in [0.1, 0.15) is 42.5 Å². The lowest BCUT2D eigenvalue weighted by Crippen LogP contribution is -2.58. The molecule has 11 nitrogen and oxygen atoms in total. The molecule has 41 heavy (non-hydrogen) atoms. The van der Waals surface area contributed by atoms with Crippen LogP contribution in [-0.4, -0.2) is 80.6 Å². The van der Waals surface area contributed by atoms with Crippen molar-refractivity contribution >= 4 is 16.7 Å². The molecule has 3 aliphatic heterocycles. The normalized spacial score (nSPS) is 26.3. The Bertz CT molecular complexity index is 1480. The van der Waals surface area contributed by atoms with E-state index in [1.54, 1.807) is 33.1 Å². The van der Waals surface area contributed by atoms with Crippen LogP contribution < -0.4 is 18.9 Å². The van der Waals surface area contributed by atoms with Gasteiger partial charge in [-0.05, 0) is 49.1 Å².